The SMILES string of the molecule is CCC1CN(c2ccc(C(F)(F)F)cn2)CCC1N. The molecule has 2 N–H and O–H groups in total. The minimum absolute atomic E-state index is 0.177. The maximum Gasteiger partial charge on any atom is 0.417 e. The van der Waals surface area contributed by atoms with Gasteiger partial charge in [0.1, 0.15) is 5.82 Å². The van der Waals surface area contributed by atoms with E-state index in [2.05, 4.69) is 11.9 Å². The lowest BCUT2D eigenvalue weighted by atomic mass is 9.91. The first-order valence-corrected chi connectivity index (χ1v) is 6.45. The van der Waals surface area contributed by atoms with E-state index in [1.807, 2.05) is 4.90 Å². The van der Waals surface area contributed by atoms with Gasteiger partial charge in [0, 0.05) is 25.3 Å². The molecule has 1 saturated heterocycles. The fourth-order valence-corrected chi connectivity index (χ4v) is 2.43. The second kappa shape index (κ2) is 5.36. The van der Waals surface area contributed by atoms with Crippen molar-refractivity contribution in [3.63, 3.8) is 0 Å². The average molecular weight is 273 g/mol. The molecule has 106 valence electrons. The molecule has 0 amide bonds. The number of piperidine rings is 1. The average Bonchev–Trinajstić information content (AvgIpc) is 2.38. The lowest BCUT2D eigenvalue weighted by Crippen LogP contribution is -2.47. The van der Waals surface area contributed by atoms with E-state index < -0.39 is 11.7 Å². The minimum Gasteiger partial charge on any atom is -0.356 e. The molecule has 2 heterocycles. The first-order chi connectivity index (χ1) is 8.91. The normalized spacial score (nSPS) is 24.6. The van der Waals surface area contributed by atoms with Gasteiger partial charge in [-0.15, -0.1) is 0 Å². The zero-order valence-corrected chi connectivity index (χ0v) is 10.8. The molecule has 1 aliphatic rings. The van der Waals surface area contributed by atoms with Gasteiger partial charge in [-0.1, -0.05) is 13.3 Å². The van der Waals surface area contributed by atoms with Crippen LogP contribution in [0.5, 0.6) is 0 Å². The lowest BCUT2D eigenvalue weighted by molar-refractivity contribution is -0.137. The van der Waals surface area contributed by atoms with E-state index in [9.17, 15) is 13.2 Å². The first-order valence-electron chi connectivity index (χ1n) is 6.45. The molecule has 2 rings (SSSR count). The third-order valence-electron chi connectivity index (χ3n) is 3.72. The van der Waals surface area contributed by atoms with Gasteiger partial charge in [-0.3, -0.25) is 0 Å². The van der Waals surface area contributed by atoms with Crippen molar-refractivity contribution in [1.82, 2.24) is 4.98 Å². The van der Waals surface area contributed by atoms with Crippen LogP contribution in [-0.4, -0.2) is 24.1 Å². The fraction of sp³-hybridized carbons (Fsp3) is 0.615. The molecule has 0 aliphatic carbocycles. The van der Waals surface area contributed by atoms with Crippen LogP contribution < -0.4 is 10.6 Å². The van der Waals surface area contributed by atoms with Crippen LogP contribution in [0.3, 0.4) is 0 Å². The van der Waals surface area contributed by atoms with Crippen LogP contribution in [0.4, 0.5) is 19.0 Å². The van der Waals surface area contributed by atoms with Crippen molar-refractivity contribution in [3.8, 4) is 0 Å². The molecule has 2 unspecified atom stereocenters. The molecule has 1 fully saturated rings. The Morgan fingerprint density at radius 1 is 1.42 bits per heavy atom. The summed E-state index contributed by atoms with van der Waals surface area (Å²) in [6, 6.07) is 2.69. The van der Waals surface area contributed by atoms with Crippen LogP contribution in [0.15, 0.2) is 18.3 Å². The third kappa shape index (κ3) is 3.18. The molecule has 0 bridgehead atoms. The molecule has 1 aromatic rings. The summed E-state index contributed by atoms with van der Waals surface area (Å²) >= 11 is 0. The number of hydrogen-bond donors (Lipinski definition) is 1. The number of nitrogens with zero attached hydrogens (tertiary/aromatic N) is 2. The summed E-state index contributed by atoms with van der Waals surface area (Å²) in [5.74, 6) is 0.969. The molecule has 2 atom stereocenters. The van der Waals surface area contributed by atoms with E-state index in [1.54, 1.807) is 0 Å². The van der Waals surface area contributed by atoms with Gasteiger partial charge in [-0.2, -0.15) is 13.2 Å². The van der Waals surface area contributed by atoms with Gasteiger partial charge < -0.3 is 10.6 Å². The number of nitrogens with two attached hydrogens (primary N) is 1. The highest BCUT2D eigenvalue weighted by Crippen LogP contribution is 2.30. The smallest absolute Gasteiger partial charge is 0.356 e. The van der Waals surface area contributed by atoms with E-state index in [4.69, 9.17) is 5.73 Å². The van der Waals surface area contributed by atoms with Crippen molar-refractivity contribution in [1.29, 1.82) is 0 Å². The molecular formula is C13H18F3N3. The predicted molar refractivity (Wildman–Crippen MR) is 67.8 cm³/mol. The topological polar surface area (TPSA) is 42.2 Å². The minimum atomic E-state index is -4.33. The van der Waals surface area contributed by atoms with E-state index in [0.29, 0.717) is 11.7 Å². The summed E-state index contributed by atoms with van der Waals surface area (Å²) in [5, 5.41) is 0. The van der Waals surface area contributed by atoms with Crippen molar-refractivity contribution in [3.05, 3.63) is 23.9 Å². The first kappa shape index (κ1) is 14.1. The van der Waals surface area contributed by atoms with E-state index >= 15 is 0 Å². The summed E-state index contributed by atoms with van der Waals surface area (Å²) in [6.07, 6.45) is -1.62. The largest absolute Gasteiger partial charge is 0.417 e. The van der Waals surface area contributed by atoms with Crippen LogP contribution in [0, 0.1) is 5.92 Å². The Kier molecular flexibility index (Phi) is 3.99. The summed E-state index contributed by atoms with van der Waals surface area (Å²) in [7, 11) is 0. The monoisotopic (exact) mass is 273 g/mol. The number of pyridine rings is 1. The van der Waals surface area contributed by atoms with Crippen molar-refractivity contribution < 1.29 is 13.2 Å². The lowest BCUT2D eigenvalue weighted by Gasteiger charge is -2.37. The quantitative estimate of drug-likeness (QED) is 0.900. The predicted octanol–water partition coefficient (Wildman–Crippen LogP) is 2.66. The molecule has 0 spiro atoms. The third-order valence-corrected chi connectivity index (χ3v) is 3.72. The summed E-state index contributed by atoms with van der Waals surface area (Å²) in [6.45, 7) is 3.58. The Hall–Kier alpha value is -1.30. The van der Waals surface area contributed by atoms with Crippen LogP contribution >= 0.6 is 0 Å². The highest BCUT2D eigenvalue weighted by Gasteiger charge is 2.31. The van der Waals surface area contributed by atoms with Crippen LogP contribution in [0.1, 0.15) is 25.3 Å². The van der Waals surface area contributed by atoms with Gasteiger partial charge in [-0.05, 0) is 24.5 Å². The fourth-order valence-electron chi connectivity index (χ4n) is 2.43. The van der Waals surface area contributed by atoms with Crippen molar-refractivity contribution in [2.45, 2.75) is 32.0 Å². The van der Waals surface area contributed by atoms with Gasteiger partial charge in [-0.25, -0.2) is 4.98 Å². The van der Waals surface area contributed by atoms with E-state index in [-0.39, 0.29) is 6.04 Å². The second-order valence-corrected chi connectivity index (χ2v) is 4.97. The Balaban J connectivity index is 2.10. The van der Waals surface area contributed by atoms with Crippen molar-refractivity contribution in [2.24, 2.45) is 11.7 Å². The Morgan fingerprint density at radius 2 is 2.16 bits per heavy atom. The Morgan fingerprint density at radius 3 is 2.68 bits per heavy atom. The molecule has 0 aromatic carbocycles. The number of anilines is 1. The van der Waals surface area contributed by atoms with Crippen molar-refractivity contribution in [2.75, 3.05) is 18.0 Å². The van der Waals surface area contributed by atoms with E-state index in [1.165, 1.54) is 6.07 Å². The van der Waals surface area contributed by atoms with Crippen LogP contribution in [0.25, 0.3) is 0 Å². The van der Waals surface area contributed by atoms with Gasteiger partial charge in [0.15, 0.2) is 0 Å². The van der Waals surface area contributed by atoms with Gasteiger partial charge in [0.25, 0.3) is 0 Å². The highest BCUT2D eigenvalue weighted by molar-refractivity contribution is 5.40. The number of halogens is 3. The number of hydrogen-bond acceptors (Lipinski definition) is 3. The highest BCUT2D eigenvalue weighted by atomic mass is 19.4. The molecule has 6 heteroatoms. The molecule has 1 aromatic heterocycles. The number of alkyl halides is 3. The Bertz CT molecular complexity index is 416. The summed E-state index contributed by atoms with van der Waals surface area (Å²) < 4.78 is 37.4. The maximum atomic E-state index is 12.5. The van der Waals surface area contributed by atoms with Crippen LogP contribution in [-0.2, 0) is 6.18 Å². The van der Waals surface area contributed by atoms with E-state index in [0.717, 1.165) is 38.2 Å². The molecule has 1 aliphatic heterocycles. The second-order valence-electron chi connectivity index (χ2n) is 4.97. The molecule has 0 saturated carbocycles. The summed E-state index contributed by atoms with van der Waals surface area (Å²) in [4.78, 5) is 5.94. The maximum absolute atomic E-state index is 12.5. The Labute approximate surface area is 110 Å². The molecule has 0 radical (unpaired) electrons. The van der Waals surface area contributed by atoms with Crippen molar-refractivity contribution >= 4 is 5.82 Å². The van der Waals surface area contributed by atoms with Crippen LogP contribution in [0.2, 0.25) is 0 Å². The molecule has 19 heavy (non-hydrogen) atoms. The number of aromatic nitrogens is 1. The summed E-state index contributed by atoms with van der Waals surface area (Å²) in [5.41, 5.74) is 5.30. The standard InChI is InChI=1S/C13H18F3N3/c1-2-9-8-19(6-5-11(9)17)12-4-3-10(7-18-12)13(14,15)16/h3-4,7,9,11H,2,5-6,8,17H2,1H3. The van der Waals surface area contributed by atoms with Gasteiger partial charge in [0.05, 0.1) is 5.56 Å². The zero-order valence-electron chi connectivity index (χ0n) is 10.8. The molecular weight excluding hydrogens is 255 g/mol. The zero-order chi connectivity index (χ0) is 14.0. The number of rotatable bonds is 2. The van der Waals surface area contributed by atoms with Gasteiger partial charge >= 0.3 is 6.18 Å². The van der Waals surface area contributed by atoms with Gasteiger partial charge in [0.2, 0.25) is 0 Å². The molecule has 3 nitrogen and oxygen atoms in total.